The van der Waals surface area contributed by atoms with Crippen molar-refractivity contribution >= 4 is 5.97 Å². The molecule has 0 spiro atoms. The van der Waals surface area contributed by atoms with Crippen molar-refractivity contribution in [3.8, 4) is 0 Å². The van der Waals surface area contributed by atoms with Gasteiger partial charge in [0.05, 0.1) is 0 Å². The first kappa shape index (κ1) is 28.6. The van der Waals surface area contributed by atoms with Crippen LogP contribution in [-0.4, -0.2) is 24.2 Å². The number of rotatable bonds is 20. The summed E-state index contributed by atoms with van der Waals surface area (Å²) in [6.45, 7) is 9.12. The maximum Gasteiger partial charge on any atom is 0.303 e. The Morgan fingerprint density at radius 3 is 1.22 bits per heavy atom. The fraction of sp³-hybridized carbons (Fsp3) is 0.958. The predicted octanol–water partition coefficient (Wildman–Crippen LogP) is 7.73. The lowest BCUT2D eigenvalue weighted by molar-refractivity contribution is -0.137. The predicted molar refractivity (Wildman–Crippen MR) is 121 cm³/mol. The standard InChI is InChI=1S/C16H32O2.C8H19N/c1-2-3-4-5-6-7-8-9-10-11-12-13-14-15-16(17)18;1-3-5-7-9-8-6-4-2/h2-15H2,1H3,(H,17,18);9H,3-8H2,1-2H3. The Labute approximate surface area is 171 Å². The second-order valence-corrected chi connectivity index (χ2v) is 7.84. The van der Waals surface area contributed by atoms with Gasteiger partial charge in [-0.2, -0.15) is 0 Å². The SMILES string of the molecule is CCCCCCCCCCCCCCCC(=O)O.CCCCNCCCC. The van der Waals surface area contributed by atoms with E-state index in [1.54, 1.807) is 0 Å². The Morgan fingerprint density at radius 2 is 0.889 bits per heavy atom. The Balaban J connectivity index is 0. The number of carboxylic acids is 1. The van der Waals surface area contributed by atoms with Crippen LogP contribution in [0.1, 0.15) is 136 Å². The lowest BCUT2D eigenvalue weighted by Crippen LogP contribution is -2.15. The van der Waals surface area contributed by atoms with Crippen molar-refractivity contribution in [3.05, 3.63) is 0 Å². The lowest BCUT2D eigenvalue weighted by atomic mass is 10.0. The zero-order valence-electron chi connectivity index (χ0n) is 19.0. The molecule has 3 nitrogen and oxygen atoms in total. The van der Waals surface area contributed by atoms with E-state index >= 15 is 0 Å². The van der Waals surface area contributed by atoms with Crippen molar-refractivity contribution in [1.29, 1.82) is 0 Å². The molecule has 0 aromatic rings. The van der Waals surface area contributed by atoms with E-state index in [0.29, 0.717) is 6.42 Å². The zero-order valence-corrected chi connectivity index (χ0v) is 19.0. The van der Waals surface area contributed by atoms with Crippen LogP contribution in [0.4, 0.5) is 0 Å². The van der Waals surface area contributed by atoms with Crippen LogP contribution < -0.4 is 5.32 Å². The molecule has 0 radical (unpaired) electrons. The largest absolute Gasteiger partial charge is 0.481 e. The van der Waals surface area contributed by atoms with E-state index in [1.165, 1.54) is 109 Å². The smallest absolute Gasteiger partial charge is 0.303 e. The van der Waals surface area contributed by atoms with Gasteiger partial charge < -0.3 is 10.4 Å². The summed E-state index contributed by atoms with van der Waals surface area (Å²) in [7, 11) is 0. The van der Waals surface area contributed by atoms with Gasteiger partial charge in [-0.3, -0.25) is 4.79 Å². The number of nitrogens with one attached hydrogen (secondary N) is 1. The highest BCUT2D eigenvalue weighted by Gasteiger charge is 1.96. The zero-order chi connectivity index (χ0) is 20.4. The van der Waals surface area contributed by atoms with Crippen LogP contribution in [0.3, 0.4) is 0 Å². The highest BCUT2D eigenvalue weighted by molar-refractivity contribution is 5.66. The van der Waals surface area contributed by atoms with E-state index in [9.17, 15) is 4.79 Å². The Hall–Kier alpha value is -0.570. The Bertz CT molecular complexity index is 263. The van der Waals surface area contributed by atoms with Gasteiger partial charge in [-0.15, -0.1) is 0 Å². The maximum absolute atomic E-state index is 10.3. The van der Waals surface area contributed by atoms with Crippen LogP contribution in [0.15, 0.2) is 0 Å². The molecule has 0 aliphatic carbocycles. The molecule has 0 aromatic heterocycles. The van der Waals surface area contributed by atoms with Crippen LogP contribution in [0, 0.1) is 0 Å². The molecule has 0 heterocycles. The molecule has 164 valence electrons. The van der Waals surface area contributed by atoms with Gasteiger partial charge in [-0.1, -0.05) is 111 Å². The molecule has 0 bridgehead atoms. The van der Waals surface area contributed by atoms with E-state index in [1.807, 2.05) is 0 Å². The van der Waals surface area contributed by atoms with Crippen LogP contribution in [0.5, 0.6) is 0 Å². The number of carbonyl (C=O) groups is 1. The molecular weight excluding hydrogens is 334 g/mol. The van der Waals surface area contributed by atoms with Gasteiger partial charge in [0.1, 0.15) is 0 Å². The molecule has 27 heavy (non-hydrogen) atoms. The summed E-state index contributed by atoms with van der Waals surface area (Å²) in [6, 6.07) is 0. The average Bonchev–Trinajstić information content (AvgIpc) is 2.66. The third-order valence-corrected chi connectivity index (χ3v) is 4.91. The molecule has 0 saturated carbocycles. The second-order valence-electron chi connectivity index (χ2n) is 7.84. The van der Waals surface area contributed by atoms with Crippen molar-refractivity contribution < 1.29 is 9.90 Å². The Kier molecular flexibility index (Phi) is 29.3. The number of hydrogen-bond donors (Lipinski definition) is 2. The second kappa shape index (κ2) is 27.6. The fourth-order valence-corrected chi connectivity index (χ4v) is 3.02. The number of aliphatic carboxylic acids is 1. The van der Waals surface area contributed by atoms with Crippen molar-refractivity contribution in [1.82, 2.24) is 5.32 Å². The molecule has 0 rings (SSSR count). The van der Waals surface area contributed by atoms with E-state index < -0.39 is 5.97 Å². The minimum Gasteiger partial charge on any atom is -0.481 e. The molecule has 0 aliphatic heterocycles. The van der Waals surface area contributed by atoms with Crippen molar-refractivity contribution in [3.63, 3.8) is 0 Å². The maximum atomic E-state index is 10.3. The first-order valence-corrected chi connectivity index (χ1v) is 12.1. The summed E-state index contributed by atoms with van der Waals surface area (Å²) in [5, 5.41) is 11.9. The third-order valence-electron chi connectivity index (χ3n) is 4.91. The molecule has 0 aliphatic rings. The van der Waals surface area contributed by atoms with Gasteiger partial charge in [0, 0.05) is 6.42 Å². The molecule has 0 fully saturated rings. The topological polar surface area (TPSA) is 49.3 Å². The van der Waals surface area contributed by atoms with Crippen molar-refractivity contribution in [2.75, 3.05) is 13.1 Å². The number of unbranched alkanes of at least 4 members (excludes halogenated alkanes) is 14. The highest BCUT2D eigenvalue weighted by Crippen LogP contribution is 2.12. The molecular formula is C24H51NO2. The first-order valence-electron chi connectivity index (χ1n) is 12.1. The van der Waals surface area contributed by atoms with E-state index in [0.717, 1.165) is 12.8 Å². The summed E-state index contributed by atoms with van der Waals surface area (Å²) < 4.78 is 0. The van der Waals surface area contributed by atoms with Crippen LogP contribution in [0.25, 0.3) is 0 Å². The Morgan fingerprint density at radius 1 is 0.556 bits per heavy atom. The van der Waals surface area contributed by atoms with Gasteiger partial charge in [-0.05, 0) is 32.4 Å². The minimum absolute atomic E-state index is 0.345. The van der Waals surface area contributed by atoms with Crippen molar-refractivity contribution in [2.45, 2.75) is 136 Å². The van der Waals surface area contributed by atoms with Gasteiger partial charge in [0.25, 0.3) is 0 Å². The van der Waals surface area contributed by atoms with Gasteiger partial charge in [-0.25, -0.2) is 0 Å². The summed E-state index contributed by atoms with van der Waals surface area (Å²) >= 11 is 0. The first-order chi connectivity index (χ1) is 13.2. The number of hydrogen-bond acceptors (Lipinski definition) is 2. The molecule has 0 atom stereocenters. The highest BCUT2D eigenvalue weighted by atomic mass is 16.4. The van der Waals surface area contributed by atoms with E-state index in [4.69, 9.17) is 5.11 Å². The van der Waals surface area contributed by atoms with Gasteiger partial charge in [0.15, 0.2) is 0 Å². The molecule has 0 saturated heterocycles. The summed E-state index contributed by atoms with van der Waals surface area (Å²) in [5.41, 5.74) is 0. The summed E-state index contributed by atoms with van der Waals surface area (Å²) in [4.78, 5) is 10.3. The average molecular weight is 386 g/mol. The molecule has 2 N–H and O–H groups in total. The molecule has 0 aromatic carbocycles. The van der Waals surface area contributed by atoms with Gasteiger partial charge >= 0.3 is 5.97 Å². The van der Waals surface area contributed by atoms with Crippen LogP contribution >= 0.6 is 0 Å². The lowest BCUT2D eigenvalue weighted by Gasteiger charge is -2.02. The van der Waals surface area contributed by atoms with Gasteiger partial charge in [0.2, 0.25) is 0 Å². The van der Waals surface area contributed by atoms with Crippen molar-refractivity contribution in [2.24, 2.45) is 0 Å². The van der Waals surface area contributed by atoms with E-state index in [2.05, 4.69) is 26.1 Å². The van der Waals surface area contributed by atoms with Crippen LogP contribution in [-0.2, 0) is 4.79 Å². The normalized spacial score (nSPS) is 10.5. The molecule has 0 amide bonds. The minimum atomic E-state index is -0.655. The summed E-state index contributed by atoms with van der Waals surface area (Å²) in [5.74, 6) is -0.655. The molecule has 3 heteroatoms. The number of carboxylic acid groups (broad SMARTS) is 1. The third kappa shape index (κ3) is 33.4. The van der Waals surface area contributed by atoms with Crippen LogP contribution in [0.2, 0.25) is 0 Å². The quantitative estimate of drug-likeness (QED) is 0.211. The summed E-state index contributed by atoms with van der Waals surface area (Å²) in [6.07, 6.45) is 22.5. The van der Waals surface area contributed by atoms with E-state index in [-0.39, 0.29) is 0 Å². The monoisotopic (exact) mass is 385 g/mol. The fourth-order valence-electron chi connectivity index (χ4n) is 3.02. The molecule has 0 unspecified atom stereocenters.